The van der Waals surface area contributed by atoms with Gasteiger partial charge in [0, 0.05) is 13.1 Å². The van der Waals surface area contributed by atoms with Gasteiger partial charge in [-0.1, -0.05) is 5.21 Å². The molecule has 0 saturated heterocycles. The number of aliphatic hydroxyl groups excluding tert-OH is 2. The van der Waals surface area contributed by atoms with Crippen molar-refractivity contribution in [2.45, 2.75) is 6.54 Å². The molecule has 18 heavy (non-hydrogen) atoms. The maximum Gasteiger partial charge on any atom is 0.325 e. The van der Waals surface area contributed by atoms with E-state index in [0.717, 1.165) is 4.68 Å². The number of hydrogen-bond donors (Lipinski definition) is 3. The number of aliphatic hydroxyl groups is 2. The number of hydrogen-bond acceptors (Lipinski definition) is 6. The maximum absolute atomic E-state index is 11.9. The number of aliphatic carboxylic acids is 1. The van der Waals surface area contributed by atoms with Crippen LogP contribution >= 0.6 is 0 Å². The molecule has 0 unspecified atom stereocenters. The molecule has 1 aromatic heterocycles. The van der Waals surface area contributed by atoms with Crippen molar-refractivity contribution < 1.29 is 24.9 Å². The molecule has 1 rings (SSSR count). The summed E-state index contributed by atoms with van der Waals surface area (Å²) in [7, 11) is 0. The number of carboxylic acids is 1. The van der Waals surface area contributed by atoms with Gasteiger partial charge in [0.1, 0.15) is 6.54 Å². The van der Waals surface area contributed by atoms with Crippen molar-refractivity contribution in [1.29, 1.82) is 0 Å². The molecule has 0 bridgehead atoms. The van der Waals surface area contributed by atoms with Crippen LogP contribution in [0, 0.1) is 0 Å². The monoisotopic (exact) mass is 258 g/mol. The highest BCUT2D eigenvalue weighted by atomic mass is 16.4. The van der Waals surface area contributed by atoms with Crippen LogP contribution in [0.1, 0.15) is 10.5 Å². The summed E-state index contributed by atoms with van der Waals surface area (Å²) < 4.78 is 1.02. The van der Waals surface area contributed by atoms with Crippen molar-refractivity contribution >= 4 is 11.9 Å². The molecule has 0 atom stereocenters. The number of aromatic nitrogens is 3. The van der Waals surface area contributed by atoms with Crippen molar-refractivity contribution in [3.63, 3.8) is 0 Å². The Morgan fingerprint density at radius 3 is 2.39 bits per heavy atom. The minimum absolute atomic E-state index is 0.0295. The zero-order valence-electron chi connectivity index (χ0n) is 9.56. The summed E-state index contributed by atoms with van der Waals surface area (Å²) >= 11 is 0. The fraction of sp³-hybridized carbons (Fsp3) is 0.556. The van der Waals surface area contributed by atoms with Gasteiger partial charge in [-0.2, -0.15) is 0 Å². The van der Waals surface area contributed by atoms with E-state index in [1.54, 1.807) is 0 Å². The second-order valence-electron chi connectivity index (χ2n) is 3.43. The molecular weight excluding hydrogens is 244 g/mol. The lowest BCUT2D eigenvalue weighted by Gasteiger charge is -2.18. The van der Waals surface area contributed by atoms with Crippen molar-refractivity contribution in [1.82, 2.24) is 19.9 Å². The highest BCUT2D eigenvalue weighted by Crippen LogP contribution is 2.00. The fourth-order valence-corrected chi connectivity index (χ4v) is 1.33. The summed E-state index contributed by atoms with van der Waals surface area (Å²) in [6, 6.07) is 0. The molecule has 0 aliphatic carbocycles. The average molecular weight is 258 g/mol. The Labute approximate surface area is 102 Å². The first kappa shape index (κ1) is 14.1. The normalized spacial score (nSPS) is 10.3. The lowest BCUT2D eigenvalue weighted by Crippen LogP contribution is -2.36. The number of carbonyl (C=O) groups excluding carboxylic acids is 1. The van der Waals surface area contributed by atoms with Gasteiger partial charge in [0.05, 0.1) is 19.4 Å². The Morgan fingerprint density at radius 2 is 1.89 bits per heavy atom. The van der Waals surface area contributed by atoms with E-state index in [4.69, 9.17) is 15.3 Å². The van der Waals surface area contributed by atoms with Crippen LogP contribution in [-0.2, 0) is 11.3 Å². The smallest absolute Gasteiger partial charge is 0.325 e. The Kier molecular flexibility index (Phi) is 5.21. The zero-order chi connectivity index (χ0) is 13.5. The molecule has 0 aliphatic rings. The summed E-state index contributed by atoms with van der Waals surface area (Å²) in [6.07, 6.45) is 1.21. The first-order chi connectivity index (χ1) is 8.58. The molecule has 9 nitrogen and oxygen atoms in total. The van der Waals surface area contributed by atoms with Crippen LogP contribution in [0.2, 0.25) is 0 Å². The Morgan fingerprint density at radius 1 is 1.28 bits per heavy atom. The Balaban J connectivity index is 2.74. The molecule has 1 aromatic rings. The van der Waals surface area contributed by atoms with E-state index in [2.05, 4.69) is 10.3 Å². The van der Waals surface area contributed by atoms with Gasteiger partial charge in [0.2, 0.25) is 0 Å². The number of carboxylic acid groups (broad SMARTS) is 1. The zero-order valence-corrected chi connectivity index (χ0v) is 9.56. The van der Waals surface area contributed by atoms with E-state index in [1.807, 2.05) is 0 Å². The average Bonchev–Trinajstić information content (AvgIpc) is 2.75. The molecule has 0 spiro atoms. The number of rotatable bonds is 7. The minimum Gasteiger partial charge on any atom is -0.480 e. The third-order valence-corrected chi connectivity index (χ3v) is 2.08. The Bertz CT molecular complexity index is 413. The first-order valence-corrected chi connectivity index (χ1v) is 5.21. The van der Waals surface area contributed by atoms with Gasteiger partial charge in [0.25, 0.3) is 5.91 Å². The highest BCUT2D eigenvalue weighted by molar-refractivity contribution is 5.92. The van der Waals surface area contributed by atoms with Crippen LogP contribution in [0.25, 0.3) is 0 Å². The molecule has 0 aromatic carbocycles. The van der Waals surface area contributed by atoms with E-state index in [9.17, 15) is 9.59 Å². The van der Waals surface area contributed by atoms with Crippen LogP contribution < -0.4 is 0 Å². The lowest BCUT2D eigenvalue weighted by molar-refractivity contribution is -0.137. The lowest BCUT2D eigenvalue weighted by atomic mass is 10.3. The van der Waals surface area contributed by atoms with Crippen molar-refractivity contribution in [3.8, 4) is 0 Å². The second kappa shape index (κ2) is 6.67. The summed E-state index contributed by atoms with van der Waals surface area (Å²) in [4.78, 5) is 23.5. The summed E-state index contributed by atoms with van der Waals surface area (Å²) in [5.41, 5.74) is -0.0295. The van der Waals surface area contributed by atoms with Gasteiger partial charge in [-0.05, 0) is 0 Å². The molecule has 0 radical (unpaired) electrons. The SMILES string of the molecule is O=C(O)Cn1cc(C(=O)N(CCO)CCO)nn1. The quantitative estimate of drug-likeness (QED) is 0.505. The molecule has 1 heterocycles. The molecule has 3 N–H and O–H groups in total. The first-order valence-electron chi connectivity index (χ1n) is 5.21. The van der Waals surface area contributed by atoms with Gasteiger partial charge in [-0.3, -0.25) is 9.59 Å². The van der Waals surface area contributed by atoms with Crippen LogP contribution in [0.3, 0.4) is 0 Å². The van der Waals surface area contributed by atoms with Crippen LogP contribution in [0.15, 0.2) is 6.20 Å². The van der Waals surface area contributed by atoms with E-state index < -0.39 is 11.9 Å². The van der Waals surface area contributed by atoms with Gasteiger partial charge in [0.15, 0.2) is 5.69 Å². The largest absolute Gasteiger partial charge is 0.480 e. The molecule has 0 aliphatic heterocycles. The standard InChI is InChI=1S/C9H14N4O5/c14-3-1-12(2-4-15)9(18)7-5-13(11-10-7)6-8(16)17/h5,14-15H,1-4,6H2,(H,16,17). The number of nitrogens with zero attached hydrogens (tertiary/aromatic N) is 4. The van der Waals surface area contributed by atoms with Gasteiger partial charge in [-0.15, -0.1) is 5.10 Å². The molecule has 100 valence electrons. The number of carbonyl (C=O) groups is 2. The van der Waals surface area contributed by atoms with Crippen LogP contribution in [0.5, 0.6) is 0 Å². The highest BCUT2D eigenvalue weighted by Gasteiger charge is 2.18. The molecule has 0 saturated carbocycles. The van der Waals surface area contributed by atoms with E-state index in [0.29, 0.717) is 0 Å². The van der Waals surface area contributed by atoms with Crippen molar-refractivity contribution in [2.24, 2.45) is 0 Å². The summed E-state index contributed by atoms with van der Waals surface area (Å²) in [6.45, 7) is -0.749. The third-order valence-electron chi connectivity index (χ3n) is 2.08. The number of amides is 1. The van der Waals surface area contributed by atoms with E-state index in [1.165, 1.54) is 11.1 Å². The minimum atomic E-state index is -1.10. The fourth-order valence-electron chi connectivity index (χ4n) is 1.33. The maximum atomic E-state index is 11.9. The van der Waals surface area contributed by atoms with Crippen molar-refractivity contribution in [2.75, 3.05) is 26.3 Å². The summed E-state index contributed by atoms with van der Waals surface area (Å²) in [5, 5.41) is 33.2. The van der Waals surface area contributed by atoms with Gasteiger partial charge >= 0.3 is 5.97 Å². The van der Waals surface area contributed by atoms with E-state index in [-0.39, 0.29) is 38.5 Å². The molecule has 0 fully saturated rings. The molecule has 9 heteroatoms. The molecule has 1 amide bonds. The van der Waals surface area contributed by atoms with Gasteiger partial charge < -0.3 is 20.2 Å². The van der Waals surface area contributed by atoms with E-state index >= 15 is 0 Å². The second-order valence-corrected chi connectivity index (χ2v) is 3.43. The van der Waals surface area contributed by atoms with Crippen LogP contribution in [0.4, 0.5) is 0 Å². The van der Waals surface area contributed by atoms with Crippen LogP contribution in [-0.4, -0.2) is 73.4 Å². The molecular formula is C9H14N4O5. The van der Waals surface area contributed by atoms with Gasteiger partial charge in [-0.25, -0.2) is 4.68 Å². The summed E-state index contributed by atoms with van der Waals surface area (Å²) in [5.74, 6) is -1.61. The third kappa shape index (κ3) is 3.79. The predicted molar refractivity (Wildman–Crippen MR) is 57.7 cm³/mol. The van der Waals surface area contributed by atoms with Crippen molar-refractivity contribution in [3.05, 3.63) is 11.9 Å². The predicted octanol–water partition coefficient (Wildman–Crippen LogP) is -2.21. The Hall–Kier alpha value is -2.00. The topological polar surface area (TPSA) is 129 Å².